The molecule has 2 aliphatic rings. The first-order valence-electron chi connectivity index (χ1n) is 6.38. The van der Waals surface area contributed by atoms with Crippen molar-refractivity contribution in [2.45, 2.75) is 46.0 Å². The van der Waals surface area contributed by atoms with Crippen LogP contribution in [0.5, 0.6) is 0 Å². The zero-order valence-electron chi connectivity index (χ0n) is 10.2. The van der Waals surface area contributed by atoms with Crippen molar-refractivity contribution in [3.05, 3.63) is 10.6 Å². The molecule has 2 saturated carbocycles. The van der Waals surface area contributed by atoms with Crippen LogP contribution in [0.15, 0.2) is 10.6 Å². The highest BCUT2D eigenvalue weighted by molar-refractivity contribution is 9.11. The molecule has 2 rings (SSSR count). The van der Waals surface area contributed by atoms with E-state index < -0.39 is 0 Å². The summed E-state index contributed by atoms with van der Waals surface area (Å²) < 4.78 is 0. The lowest BCUT2D eigenvalue weighted by Crippen LogP contribution is -2.36. The molecule has 0 bridgehead atoms. The standard InChI is InChI=1S/C14H21BrO/c1-10(9-16)12-5-6-13-11(8-15)4-3-7-14(12,13)2/h8-10,12-13H,3-7H2,1-2H3/t10-,12-,13?,14-/m1/s1. The maximum atomic E-state index is 11.0. The van der Waals surface area contributed by atoms with E-state index in [1.807, 2.05) is 0 Å². The molecule has 0 aromatic heterocycles. The van der Waals surface area contributed by atoms with Crippen molar-refractivity contribution in [2.75, 3.05) is 0 Å². The molecule has 1 unspecified atom stereocenters. The van der Waals surface area contributed by atoms with E-state index in [0.29, 0.717) is 17.3 Å². The van der Waals surface area contributed by atoms with E-state index >= 15 is 0 Å². The Labute approximate surface area is 107 Å². The lowest BCUT2D eigenvalue weighted by atomic mass is 9.61. The monoisotopic (exact) mass is 284 g/mol. The number of carbonyl (C=O) groups excluding carboxylic acids is 1. The molecule has 4 atom stereocenters. The third kappa shape index (κ3) is 1.79. The second-order valence-corrected chi connectivity index (χ2v) is 6.23. The van der Waals surface area contributed by atoms with Crippen LogP contribution in [0.2, 0.25) is 0 Å². The molecule has 90 valence electrons. The van der Waals surface area contributed by atoms with Gasteiger partial charge in [0.05, 0.1) is 0 Å². The maximum Gasteiger partial charge on any atom is 0.123 e. The minimum atomic E-state index is 0.227. The molecule has 0 radical (unpaired) electrons. The first kappa shape index (κ1) is 12.3. The number of fused-ring (bicyclic) bond motifs is 1. The average molecular weight is 285 g/mol. The molecule has 0 aromatic rings. The first-order chi connectivity index (χ1) is 7.63. The van der Waals surface area contributed by atoms with Crippen molar-refractivity contribution in [3.63, 3.8) is 0 Å². The zero-order valence-corrected chi connectivity index (χ0v) is 11.8. The van der Waals surface area contributed by atoms with E-state index in [4.69, 9.17) is 0 Å². The summed E-state index contributed by atoms with van der Waals surface area (Å²) in [6.45, 7) is 4.50. The molecule has 0 saturated heterocycles. The Morgan fingerprint density at radius 1 is 1.50 bits per heavy atom. The minimum absolute atomic E-state index is 0.227. The summed E-state index contributed by atoms with van der Waals surface area (Å²) in [7, 11) is 0. The number of allylic oxidation sites excluding steroid dienone is 1. The van der Waals surface area contributed by atoms with Gasteiger partial charge in [0, 0.05) is 5.92 Å². The van der Waals surface area contributed by atoms with Gasteiger partial charge in [-0.1, -0.05) is 35.4 Å². The molecule has 0 aliphatic heterocycles. The summed E-state index contributed by atoms with van der Waals surface area (Å²) in [6.07, 6.45) is 7.48. The van der Waals surface area contributed by atoms with Gasteiger partial charge in [0.15, 0.2) is 0 Å². The molecule has 2 aliphatic carbocycles. The van der Waals surface area contributed by atoms with E-state index in [1.165, 1.54) is 32.1 Å². The van der Waals surface area contributed by atoms with E-state index in [2.05, 4.69) is 34.8 Å². The van der Waals surface area contributed by atoms with E-state index in [-0.39, 0.29) is 5.92 Å². The van der Waals surface area contributed by atoms with E-state index in [1.54, 1.807) is 5.57 Å². The Hall–Kier alpha value is -0.110. The van der Waals surface area contributed by atoms with Gasteiger partial charge >= 0.3 is 0 Å². The average Bonchev–Trinajstić information content (AvgIpc) is 2.64. The molecule has 0 N–H and O–H groups in total. The zero-order chi connectivity index (χ0) is 11.8. The highest BCUT2D eigenvalue weighted by atomic mass is 79.9. The molecule has 2 fully saturated rings. The van der Waals surface area contributed by atoms with Crippen molar-refractivity contribution in [2.24, 2.45) is 23.2 Å². The first-order valence-corrected chi connectivity index (χ1v) is 7.29. The predicted molar refractivity (Wildman–Crippen MR) is 70.4 cm³/mol. The van der Waals surface area contributed by atoms with Crippen molar-refractivity contribution < 1.29 is 4.79 Å². The number of rotatable bonds is 2. The van der Waals surface area contributed by atoms with Gasteiger partial charge in [-0.15, -0.1) is 0 Å². The van der Waals surface area contributed by atoms with Crippen molar-refractivity contribution in [1.82, 2.24) is 0 Å². The molecule has 0 amide bonds. The van der Waals surface area contributed by atoms with Gasteiger partial charge in [0.1, 0.15) is 6.29 Å². The fourth-order valence-corrected chi connectivity index (χ4v) is 4.72. The van der Waals surface area contributed by atoms with Gasteiger partial charge in [-0.25, -0.2) is 0 Å². The smallest absolute Gasteiger partial charge is 0.123 e. The normalized spacial score (nSPS) is 43.1. The SMILES string of the molecule is C[C@H](C=O)[C@H]1CCC2C(=CBr)CCC[C@@]21C. The minimum Gasteiger partial charge on any atom is -0.303 e. The Balaban J connectivity index is 2.27. The molecule has 2 heteroatoms. The van der Waals surface area contributed by atoms with Crippen LogP contribution >= 0.6 is 15.9 Å². The summed E-state index contributed by atoms with van der Waals surface area (Å²) in [5, 5.41) is 0. The van der Waals surface area contributed by atoms with Crippen LogP contribution in [-0.2, 0) is 4.79 Å². The van der Waals surface area contributed by atoms with Crippen LogP contribution in [0.25, 0.3) is 0 Å². The maximum absolute atomic E-state index is 11.0. The second-order valence-electron chi connectivity index (χ2n) is 5.78. The largest absolute Gasteiger partial charge is 0.303 e. The van der Waals surface area contributed by atoms with Crippen molar-refractivity contribution >= 4 is 22.2 Å². The lowest BCUT2D eigenvalue weighted by molar-refractivity contribution is -0.113. The van der Waals surface area contributed by atoms with Gasteiger partial charge in [-0.05, 0) is 54.3 Å². The summed E-state index contributed by atoms with van der Waals surface area (Å²) in [6, 6.07) is 0. The van der Waals surface area contributed by atoms with Crippen LogP contribution in [0.1, 0.15) is 46.0 Å². The molecule has 0 aromatic carbocycles. The highest BCUT2D eigenvalue weighted by Gasteiger charge is 2.50. The van der Waals surface area contributed by atoms with E-state index in [9.17, 15) is 4.79 Å². The van der Waals surface area contributed by atoms with Crippen LogP contribution < -0.4 is 0 Å². The highest BCUT2D eigenvalue weighted by Crippen LogP contribution is 2.59. The van der Waals surface area contributed by atoms with Crippen molar-refractivity contribution in [3.8, 4) is 0 Å². The van der Waals surface area contributed by atoms with E-state index in [0.717, 1.165) is 6.29 Å². The topological polar surface area (TPSA) is 17.1 Å². The molecule has 16 heavy (non-hydrogen) atoms. The fourth-order valence-electron chi connectivity index (χ4n) is 4.17. The summed E-state index contributed by atoms with van der Waals surface area (Å²) in [5.74, 6) is 1.54. The van der Waals surface area contributed by atoms with Gasteiger partial charge in [-0.2, -0.15) is 0 Å². The fraction of sp³-hybridized carbons (Fsp3) is 0.786. The lowest BCUT2D eigenvalue weighted by Gasteiger charge is -2.43. The Kier molecular flexibility index (Phi) is 3.58. The third-order valence-corrected chi connectivity index (χ3v) is 5.62. The number of aldehydes is 1. The summed E-state index contributed by atoms with van der Waals surface area (Å²) in [5.41, 5.74) is 1.95. The quantitative estimate of drug-likeness (QED) is 0.691. The van der Waals surface area contributed by atoms with Gasteiger partial charge in [0.25, 0.3) is 0 Å². The molecular weight excluding hydrogens is 264 g/mol. The van der Waals surface area contributed by atoms with Crippen LogP contribution in [0, 0.1) is 23.2 Å². The molecule has 0 spiro atoms. The second kappa shape index (κ2) is 4.64. The molecule has 0 heterocycles. The Bertz CT molecular complexity index is 310. The Morgan fingerprint density at radius 2 is 2.25 bits per heavy atom. The van der Waals surface area contributed by atoms with Crippen molar-refractivity contribution in [1.29, 1.82) is 0 Å². The van der Waals surface area contributed by atoms with Gasteiger partial charge in [0.2, 0.25) is 0 Å². The summed E-state index contributed by atoms with van der Waals surface area (Å²) in [4.78, 5) is 13.2. The molecular formula is C14H21BrO. The van der Waals surface area contributed by atoms with Crippen LogP contribution in [0.3, 0.4) is 0 Å². The third-order valence-electron chi connectivity index (χ3n) is 5.03. The number of carbonyl (C=O) groups is 1. The van der Waals surface area contributed by atoms with Crippen LogP contribution in [-0.4, -0.2) is 6.29 Å². The molecule has 1 nitrogen and oxygen atoms in total. The number of hydrogen-bond acceptors (Lipinski definition) is 1. The number of halogens is 1. The van der Waals surface area contributed by atoms with Gasteiger partial charge in [-0.3, -0.25) is 0 Å². The number of hydrogen-bond donors (Lipinski definition) is 0. The predicted octanol–water partition coefficient (Wildman–Crippen LogP) is 4.32. The van der Waals surface area contributed by atoms with Gasteiger partial charge < -0.3 is 4.79 Å². The summed E-state index contributed by atoms with van der Waals surface area (Å²) >= 11 is 3.51. The Morgan fingerprint density at radius 3 is 2.88 bits per heavy atom. The van der Waals surface area contributed by atoms with Crippen LogP contribution in [0.4, 0.5) is 0 Å².